The summed E-state index contributed by atoms with van der Waals surface area (Å²) in [6.07, 6.45) is 9.56. The molecule has 3 heterocycles. The minimum atomic E-state index is 0.935. The molecular formula is C36H44ClN3S. The van der Waals surface area contributed by atoms with Crippen LogP contribution in [0.15, 0.2) is 149 Å². The van der Waals surface area contributed by atoms with Crippen LogP contribution in [0, 0.1) is 0 Å². The van der Waals surface area contributed by atoms with Gasteiger partial charge in [-0.2, -0.15) is 0 Å². The lowest BCUT2D eigenvalue weighted by molar-refractivity contribution is 0.317. The van der Waals surface area contributed by atoms with Crippen molar-refractivity contribution < 1.29 is 0 Å². The van der Waals surface area contributed by atoms with Crippen molar-refractivity contribution in [2.24, 2.45) is 5.73 Å². The standard InChI is InChI=1S/C17H13N.C8H10ClNS.2C4H6.C2H4.CH5N/c1-3-8-14(9-4-1)16-12-7-13-18-17(16)15-10-5-2-6-11-15;1-10-3-2-6-4-8(9)11-7(6)5-10;2*1-3-4-2;2*1-2/h1-13H;4H,2-3,5H2,1H3;2*3-4H,1-2H2;1-2H2;2H2,1H3. The smallest absolute Gasteiger partial charge is 0.0934 e. The van der Waals surface area contributed by atoms with Crippen LogP contribution in [0.3, 0.4) is 0 Å². The van der Waals surface area contributed by atoms with E-state index >= 15 is 0 Å². The Balaban J connectivity index is 0.000000593. The van der Waals surface area contributed by atoms with E-state index in [1.54, 1.807) is 35.6 Å². The molecule has 0 radical (unpaired) electrons. The van der Waals surface area contributed by atoms with E-state index in [-0.39, 0.29) is 0 Å². The highest BCUT2D eigenvalue weighted by atomic mass is 35.5. The Bertz CT molecular complexity index is 1180. The number of allylic oxidation sites excluding steroid dienone is 4. The monoisotopic (exact) mass is 585 g/mol. The minimum Gasteiger partial charge on any atom is -0.333 e. The molecule has 0 unspecified atom stereocenters. The maximum absolute atomic E-state index is 5.90. The summed E-state index contributed by atoms with van der Waals surface area (Å²) in [6, 6.07) is 26.9. The molecule has 0 atom stereocenters. The van der Waals surface area contributed by atoms with Crippen molar-refractivity contribution in [1.82, 2.24) is 9.88 Å². The van der Waals surface area contributed by atoms with Gasteiger partial charge in [0.2, 0.25) is 0 Å². The lowest BCUT2D eigenvalue weighted by atomic mass is 10.00. The van der Waals surface area contributed by atoms with Crippen LogP contribution in [0.25, 0.3) is 22.4 Å². The third-order valence-corrected chi connectivity index (χ3v) is 6.61. The van der Waals surface area contributed by atoms with Gasteiger partial charge in [0.1, 0.15) is 0 Å². The summed E-state index contributed by atoms with van der Waals surface area (Å²) in [7, 11) is 3.65. The number of hydrogen-bond acceptors (Lipinski definition) is 4. The van der Waals surface area contributed by atoms with Crippen molar-refractivity contribution in [1.29, 1.82) is 0 Å². The molecule has 5 heteroatoms. The maximum Gasteiger partial charge on any atom is 0.0934 e. The number of nitrogens with zero attached hydrogens (tertiary/aromatic N) is 2. The first-order chi connectivity index (χ1) is 20.0. The molecule has 2 aromatic carbocycles. The van der Waals surface area contributed by atoms with Crippen LogP contribution in [-0.2, 0) is 13.0 Å². The highest BCUT2D eigenvalue weighted by Crippen LogP contribution is 2.31. The summed E-state index contributed by atoms with van der Waals surface area (Å²) in [5, 5.41) is 0. The molecule has 0 saturated heterocycles. The van der Waals surface area contributed by atoms with Gasteiger partial charge in [-0.3, -0.25) is 4.98 Å². The van der Waals surface area contributed by atoms with Crippen molar-refractivity contribution in [3.8, 4) is 22.4 Å². The topological polar surface area (TPSA) is 42.1 Å². The van der Waals surface area contributed by atoms with E-state index in [2.05, 4.69) is 111 Å². The zero-order chi connectivity index (χ0) is 30.9. The van der Waals surface area contributed by atoms with Gasteiger partial charge < -0.3 is 10.6 Å². The number of hydrogen-bond donors (Lipinski definition) is 1. The molecule has 0 aliphatic carbocycles. The SMILES string of the molecule is C=C.C=CC=C.C=CC=C.CN.CN1CCc2cc(Cl)sc2C1.c1ccc(-c2cccnc2-c2ccccc2)cc1. The molecule has 0 bridgehead atoms. The average Bonchev–Trinajstić information content (AvgIpc) is 3.43. The predicted octanol–water partition coefficient (Wildman–Crippen LogP) is 9.90. The lowest BCUT2D eigenvalue weighted by Gasteiger charge is -2.21. The van der Waals surface area contributed by atoms with Crippen LogP contribution < -0.4 is 5.73 Å². The summed E-state index contributed by atoms with van der Waals surface area (Å²) in [5.41, 5.74) is 10.5. The van der Waals surface area contributed by atoms with Gasteiger partial charge in [0, 0.05) is 35.3 Å². The molecule has 216 valence electrons. The zero-order valence-electron chi connectivity index (χ0n) is 24.5. The number of fused-ring (bicyclic) bond motifs is 1. The van der Waals surface area contributed by atoms with Crippen molar-refractivity contribution in [2.45, 2.75) is 13.0 Å². The second-order valence-electron chi connectivity index (χ2n) is 8.06. The summed E-state index contributed by atoms with van der Waals surface area (Å²) in [4.78, 5) is 8.30. The van der Waals surface area contributed by atoms with Crippen molar-refractivity contribution in [2.75, 3.05) is 20.6 Å². The number of nitrogens with two attached hydrogens (primary N) is 1. The number of pyridine rings is 1. The van der Waals surface area contributed by atoms with E-state index < -0.39 is 0 Å². The predicted molar refractivity (Wildman–Crippen MR) is 187 cm³/mol. The van der Waals surface area contributed by atoms with Crippen molar-refractivity contribution in [3.05, 3.63) is 164 Å². The van der Waals surface area contributed by atoms with Crippen LogP contribution in [0.1, 0.15) is 10.4 Å². The molecule has 0 amide bonds. The first-order valence-electron chi connectivity index (χ1n) is 13.1. The maximum atomic E-state index is 5.90. The molecule has 0 fully saturated rings. The van der Waals surface area contributed by atoms with Gasteiger partial charge in [-0.15, -0.1) is 24.5 Å². The third-order valence-electron chi connectivity index (χ3n) is 5.32. The normalized spacial score (nSPS) is 10.6. The molecule has 5 rings (SSSR count). The Hall–Kier alpha value is -3.80. The van der Waals surface area contributed by atoms with Gasteiger partial charge in [-0.05, 0) is 43.8 Å². The summed E-state index contributed by atoms with van der Waals surface area (Å²) >= 11 is 7.62. The van der Waals surface area contributed by atoms with E-state index in [0.717, 1.165) is 28.6 Å². The van der Waals surface area contributed by atoms with Gasteiger partial charge in [-0.1, -0.05) is 129 Å². The average molecular weight is 586 g/mol. The Morgan fingerprint density at radius 3 is 1.83 bits per heavy atom. The van der Waals surface area contributed by atoms with Crippen molar-refractivity contribution in [3.63, 3.8) is 0 Å². The Morgan fingerprint density at radius 1 is 0.805 bits per heavy atom. The van der Waals surface area contributed by atoms with Gasteiger partial charge in [0.25, 0.3) is 0 Å². The van der Waals surface area contributed by atoms with Crippen LogP contribution >= 0.6 is 22.9 Å². The number of thiophene rings is 1. The first-order valence-corrected chi connectivity index (χ1v) is 14.3. The number of aromatic nitrogens is 1. The molecule has 0 spiro atoms. The summed E-state index contributed by atoms with van der Waals surface area (Å²) in [6.45, 7) is 21.7. The lowest BCUT2D eigenvalue weighted by Crippen LogP contribution is -2.24. The molecular weight excluding hydrogens is 542 g/mol. The molecule has 4 aromatic rings. The van der Waals surface area contributed by atoms with Gasteiger partial charge in [0.05, 0.1) is 10.0 Å². The third kappa shape index (κ3) is 14.4. The molecule has 0 saturated carbocycles. The Morgan fingerprint density at radius 2 is 1.32 bits per heavy atom. The highest BCUT2D eigenvalue weighted by Gasteiger charge is 2.15. The summed E-state index contributed by atoms with van der Waals surface area (Å²) < 4.78 is 0.935. The molecule has 3 nitrogen and oxygen atoms in total. The van der Waals surface area contributed by atoms with Crippen LogP contribution in [0.4, 0.5) is 0 Å². The first kappa shape index (κ1) is 37.2. The van der Waals surface area contributed by atoms with E-state index in [0.29, 0.717) is 0 Å². The zero-order valence-corrected chi connectivity index (χ0v) is 26.1. The second kappa shape index (κ2) is 24.0. The molecule has 2 N–H and O–H groups in total. The highest BCUT2D eigenvalue weighted by molar-refractivity contribution is 7.16. The van der Waals surface area contributed by atoms with E-state index in [9.17, 15) is 0 Å². The van der Waals surface area contributed by atoms with Crippen LogP contribution in [-0.4, -0.2) is 30.5 Å². The molecule has 1 aliphatic heterocycles. The van der Waals surface area contributed by atoms with Gasteiger partial charge in [-0.25, -0.2) is 0 Å². The fourth-order valence-corrected chi connectivity index (χ4v) is 4.92. The molecule has 1 aliphatic rings. The second-order valence-corrected chi connectivity index (χ2v) is 9.83. The Kier molecular flexibility index (Phi) is 21.8. The number of likely N-dealkylation sites (N-methyl/N-ethyl adjacent to an activating group) is 1. The molecule has 41 heavy (non-hydrogen) atoms. The number of rotatable bonds is 4. The fourth-order valence-electron chi connectivity index (χ4n) is 3.49. The van der Waals surface area contributed by atoms with E-state index in [4.69, 9.17) is 11.6 Å². The van der Waals surface area contributed by atoms with Gasteiger partial charge >= 0.3 is 0 Å². The van der Waals surface area contributed by atoms with Crippen LogP contribution in [0.5, 0.6) is 0 Å². The van der Waals surface area contributed by atoms with E-state index in [1.165, 1.54) is 35.2 Å². The number of benzene rings is 2. The van der Waals surface area contributed by atoms with Crippen LogP contribution in [0.2, 0.25) is 4.34 Å². The van der Waals surface area contributed by atoms with E-state index in [1.807, 2.05) is 36.5 Å². The quantitative estimate of drug-likeness (QED) is 0.191. The summed E-state index contributed by atoms with van der Waals surface area (Å²) in [5.74, 6) is 0. The fraction of sp³-hybridized carbons (Fsp3) is 0.139. The Labute approximate surface area is 257 Å². The number of halogens is 1. The largest absolute Gasteiger partial charge is 0.333 e. The minimum absolute atomic E-state index is 0.935. The van der Waals surface area contributed by atoms with Crippen molar-refractivity contribution >= 4 is 22.9 Å². The molecule has 2 aromatic heterocycles. The van der Waals surface area contributed by atoms with Gasteiger partial charge in [0.15, 0.2) is 0 Å².